The zero-order valence-corrected chi connectivity index (χ0v) is 20.2. The van der Waals surface area contributed by atoms with E-state index in [4.69, 9.17) is 9.84 Å². The molecule has 2 aromatic carbocycles. The number of nitrogens with one attached hydrogen (secondary N) is 2. The minimum Gasteiger partial charge on any atom is -0.478 e. The first-order chi connectivity index (χ1) is 18.5. The van der Waals surface area contributed by atoms with E-state index in [1.54, 1.807) is 0 Å². The number of nitrogens with zero attached hydrogens (tertiary/aromatic N) is 3. The molecule has 0 bridgehead atoms. The van der Waals surface area contributed by atoms with Crippen LogP contribution >= 0.6 is 0 Å². The predicted octanol–water partition coefficient (Wildman–Crippen LogP) is 1.84. The number of halogens is 4. The van der Waals surface area contributed by atoms with Gasteiger partial charge in [-0.15, -0.1) is 0 Å². The van der Waals surface area contributed by atoms with E-state index < -0.39 is 54.6 Å². The highest BCUT2D eigenvalue weighted by molar-refractivity contribution is 5.95. The summed E-state index contributed by atoms with van der Waals surface area (Å²) in [5, 5.41) is 12.2. The molecular formula is C24H23F4N5O6. The maximum atomic E-state index is 15.1. The van der Waals surface area contributed by atoms with Gasteiger partial charge in [0, 0.05) is 37.3 Å². The molecule has 0 spiro atoms. The van der Waals surface area contributed by atoms with Gasteiger partial charge in [0.1, 0.15) is 11.8 Å². The van der Waals surface area contributed by atoms with E-state index in [1.807, 2.05) is 5.32 Å². The van der Waals surface area contributed by atoms with Crippen molar-refractivity contribution in [2.24, 2.45) is 0 Å². The van der Waals surface area contributed by atoms with Gasteiger partial charge in [-0.25, -0.2) is 23.8 Å². The smallest absolute Gasteiger partial charge is 0.414 e. The Morgan fingerprint density at radius 1 is 1.05 bits per heavy atom. The third-order valence-electron chi connectivity index (χ3n) is 6.11. The van der Waals surface area contributed by atoms with Crippen molar-refractivity contribution in [3.8, 4) is 0 Å². The Bertz CT molecular complexity index is 1260. The van der Waals surface area contributed by atoms with Crippen LogP contribution in [0.15, 0.2) is 36.4 Å². The molecule has 1 atom stereocenters. The van der Waals surface area contributed by atoms with E-state index in [1.165, 1.54) is 34.2 Å². The van der Waals surface area contributed by atoms with Crippen LogP contribution in [-0.4, -0.2) is 85.8 Å². The first-order valence-corrected chi connectivity index (χ1v) is 11.7. The first kappa shape index (κ1) is 27.6. The molecular weight excluding hydrogens is 530 g/mol. The molecule has 2 fully saturated rings. The second kappa shape index (κ2) is 11.6. The summed E-state index contributed by atoms with van der Waals surface area (Å²) in [6, 6.07) is 7.20. The number of carbonyl (C=O) groups excluding carboxylic acids is 3. The van der Waals surface area contributed by atoms with Crippen molar-refractivity contribution in [3.63, 3.8) is 0 Å². The normalized spacial score (nSPS) is 17.7. The number of benzene rings is 2. The van der Waals surface area contributed by atoms with Crippen LogP contribution in [-0.2, 0) is 9.53 Å². The summed E-state index contributed by atoms with van der Waals surface area (Å²) in [6.07, 6.45) is -5.19. The standard InChI is InChI=1S/C24H23F4N5O6/c25-17-9-15(32-12-16(39-24(32)38)11-29-21(34)20(27)28)10-18(26)19(17)31-6-5-30-33(8-7-31)22(35)13-1-3-14(4-2-13)23(36)37/h1-4,9-10,16,20,30H,5-8,11-12H2,(H,29,34)(H,36,37). The van der Waals surface area contributed by atoms with Gasteiger partial charge < -0.3 is 20.1 Å². The van der Waals surface area contributed by atoms with Gasteiger partial charge in [0.25, 0.3) is 11.8 Å². The molecule has 3 amide bonds. The SMILES string of the molecule is O=C(O)c1ccc(C(=O)N2CCN(c3c(F)cc(N4CC(CNC(=O)C(F)F)OC4=O)cc3F)CCN2)cc1. The molecule has 3 N–H and O–H groups in total. The van der Waals surface area contributed by atoms with Crippen LogP contribution in [0.4, 0.5) is 33.7 Å². The first-order valence-electron chi connectivity index (χ1n) is 11.7. The number of ether oxygens (including phenoxy) is 1. The average Bonchev–Trinajstić information content (AvgIpc) is 3.11. The zero-order valence-electron chi connectivity index (χ0n) is 20.2. The Kier molecular flexibility index (Phi) is 8.18. The molecule has 208 valence electrons. The lowest BCUT2D eigenvalue weighted by Gasteiger charge is -2.25. The van der Waals surface area contributed by atoms with Gasteiger partial charge in [0.15, 0.2) is 11.6 Å². The molecule has 11 nitrogen and oxygen atoms in total. The Morgan fingerprint density at radius 3 is 2.31 bits per heavy atom. The van der Waals surface area contributed by atoms with Gasteiger partial charge in [0.05, 0.1) is 30.9 Å². The second-order valence-corrected chi connectivity index (χ2v) is 8.65. The molecule has 1 unspecified atom stereocenters. The van der Waals surface area contributed by atoms with Crippen LogP contribution in [0.25, 0.3) is 0 Å². The van der Waals surface area contributed by atoms with Crippen LogP contribution in [0.1, 0.15) is 20.7 Å². The summed E-state index contributed by atoms with van der Waals surface area (Å²) in [4.78, 5) is 49.4. The van der Waals surface area contributed by atoms with Gasteiger partial charge >= 0.3 is 18.5 Å². The number of carbonyl (C=O) groups is 4. The van der Waals surface area contributed by atoms with Crippen molar-refractivity contribution < 1.29 is 46.6 Å². The summed E-state index contributed by atoms with van der Waals surface area (Å²) in [6.45, 7) is -0.231. The Hall–Kier alpha value is -4.40. The molecule has 0 saturated carbocycles. The number of anilines is 2. The topological polar surface area (TPSA) is 132 Å². The summed E-state index contributed by atoms with van der Waals surface area (Å²) >= 11 is 0. The van der Waals surface area contributed by atoms with Crippen molar-refractivity contribution in [2.75, 3.05) is 49.1 Å². The third-order valence-corrected chi connectivity index (χ3v) is 6.11. The number of hydrogen-bond acceptors (Lipinski definition) is 7. The monoisotopic (exact) mass is 553 g/mol. The van der Waals surface area contributed by atoms with E-state index in [0.717, 1.165) is 17.0 Å². The largest absolute Gasteiger partial charge is 0.478 e. The molecule has 2 heterocycles. The van der Waals surface area contributed by atoms with Crippen molar-refractivity contribution in [2.45, 2.75) is 12.5 Å². The van der Waals surface area contributed by atoms with Crippen molar-refractivity contribution in [1.82, 2.24) is 15.8 Å². The van der Waals surface area contributed by atoms with Crippen LogP contribution in [0.2, 0.25) is 0 Å². The number of carboxylic acid groups (broad SMARTS) is 1. The van der Waals surface area contributed by atoms with Crippen LogP contribution in [0.3, 0.4) is 0 Å². The number of carboxylic acids is 1. The number of aromatic carboxylic acids is 1. The molecule has 2 aromatic rings. The van der Waals surface area contributed by atoms with E-state index in [0.29, 0.717) is 0 Å². The summed E-state index contributed by atoms with van der Waals surface area (Å²) in [7, 11) is 0. The van der Waals surface area contributed by atoms with Crippen molar-refractivity contribution in [3.05, 3.63) is 59.2 Å². The Balaban J connectivity index is 1.42. The lowest BCUT2D eigenvalue weighted by Crippen LogP contribution is -2.43. The summed E-state index contributed by atoms with van der Waals surface area (Å²) in [5.41, 5.74) is 2.61. The Labute approximate surface area is 218 Å². The van der Waals surface area contributed by atoms with Gasteiger partial charge in [-0.05, 0) is 24.3 Å². The van der Waals surface area contributed by atoms with E-state index in [9.17, 15) is 28.0 Å². The quantitative estimate of drug-likeness (QED) is 0.443. The number of hydrazine groups is 1. The van der Waals surface area contributed by atoms with Crippen molar-refractivity contribution >= 4 is 35.3 Å². The van der Waals surface area contributed by atoms with Gasteiger partial charge in [-0.3, -0.25) is 19.5 Å². The maximum absolute atomic E-state index is 15.1. The molecule has 15 heteroatoms. The fourth-order valence-electron chi connectivity index (χ4n) is 4.18. The highest BCUT2D eigenvalue weighted by Gasteiger charge is 2.34. The Morgan fingerprint density at radius 2 is 1.69 bits per heavy atom. The fourth-order valence-corrected chi connectivity index (χ4v) is 4.18. The predicted molar refractivity (Wildman–Crippen MR) is 128 cm³/mol. The molecule has 4 rings (SSSR count). The molecule has 39 heavy (non-hydrogen) atoms. The minimum atomic E-state index is -3.24. The van der Waals surface area contributed by atoms with Crippen LogP contribution in [0, 0.1) is 11.6 Å². The maximum Gasteiger partial charge on any atom is 0.414 e. The van der Waals surface area contributed by atoms with E-state index in [-0.39, 0.29) is 55.2 Å². The van der Waals surface area contributed by atoms with Crippen LogP contribution < -0.4 is 20.5 Å². The van der Waals surface area contributed by atoms with Crippen molar-refractivity contribution in [1.29, 1.82) is 0 Å². The van der Waals surface area contributed by atoms with Gasteiger partial charge in [-0.1, -0.05) is 0 Å². The summed E-state index contributed by atoms with van der Waals surface area (Å²) < 4.78 is 59.9. The van der Waals surface area contributed by atoms with E-state index in [2.05, 4.69) is 5.43 Å². The number of rotatable bonds is 7. The highest BCUT2D eigenvalue weighted by atomic mass is 19.3. The zero-order chi connectivity index (χ0) is 28.3. The number of cyclic esters (lactones) is 1. The molecule has 2 aliphatic rings. The number of hydrogen-bond donors (Lipinski definition) is 3. The highest BCUT2D eigenvalue weighted by Crippen LogP contribution is 2.31. The molecule has 0 aliphatic carbocycles. The van der Waals surface area contributed by atoms with Gasteiger partial charge in [0.2, 0.25) is 0 Å². The van der Waals surface area contributed by atoms with Gasteiger partial charge in [-0.2, -0.15) is 8.78 Å². The lowest BCUT2D eigenvalue weighted by atomic mass is 10.1. The molecule has 2 saturated heterocycles. The lowest BCUT2D eigenvalue weighted by molar-refractivity contribution is -0.132. The fraction of sp³-hybridized carbons (Fsp3) is 0.333. The molecule has 2 aliphatic heterocycles. The third kappa shape index (κ3) is 6.19. The van der Waals surface area contributed by atoms with Crippen LogP contribution in [0.5, 0.6) is 0 Å². The number of amides is 3. The average molecular weight is 553 g/mol. The minimum absolute atomic E-state index is 0.0205. The molecule has 0 radical (unpaired) electrons. The summed E-state index contributed by atoms with van der Waals surface area (Å²) in [5.74, 6) is -5.06. The second-order valence-electron chi connectivity index (χ2n) is 8.65. The van der Waals surface area contributed by atoms with E-state index >= 15 is 8.78 Å². The molecule has 0 aromatic heterocycles. The number of alkyl halides is 2.